The molecule has 8 nitrogen and oxygen atoms in total. The Bertz CT molecular complexity index is 1470. The molecule has 42 heavy (non-hydrogen) atoms. The van der Waals surface area contributed by atoms with E-state index >= 15 is 0 Å². The van der Waals surface area contributed by atoms with Crippen LogP contribution in [0.3, 0.4) is 0 Å². The van der Waals surface area contributed by atoms with E-state index in [2.05, 4.69) is 5.32 Å². The van der Waals surface area contributed by atoms with Crippen molar-refractivity contribution in [2.75, 3.05) is 24.5 Å². The van der Waals surface area contributed by atoms with Gasteiger partial charge >= 0.3 is 0 Å². The molecule has 2 amide bonds. The van der Waals surface area contributed by atoms with E-state index in [4.69, 9.17) is 4.74 Å². The van der Waals surface area contributed by atoms with Crippen molar-refractivity contribution in [3.05, 3.63) is 89.0 Å². The minimum Gasteiger partial charge on any atom is -0.497 e. The molecule has 3 rings (SSSR count). The number of hydrogen-bond donors (Lipinski definition) is 1. The molecular weight excluding hydrogens is 550 g/mol. The number of hydrogen-bond acceptors (Lipinski definition) is 5. The minimum absolute atomic E-state index is 0.0882. The SMILES string of the molecule is CC[C@@H](C(=O)NCC(C)C)N(Cc1ccc(OC)cc1)C(=O)CN(c1cc(C)ccc1C)S(=O)(=O)c1ccc(C)cc1. The summed E-state index contributed by atoms with van der Waals surface area (Å²) in [7, 11) is -2.55. The van der Waals surface area contributed by atoms with Gasteiger partial charge in [0.25, 0.3) is 10.0 Å². The van der Waals surface area contributed by atoms with Crippen LogP contribution in [0.15, 0.2) is 71.6 Å². The molecule has 0 aliphatic rings. The Morgan fingerprint density at radius 1 is 0.905 bits per heavy atom. The zero-order chi connectivity index (χ0) is 31.0. The number of amides is 2. The highest BCUT2D eigenvalue weighted by molar-refractivity contribution is 7.92. The molecule has 3 aromatic carbocycles. The van der Waals surface area contributed by atoms with Crippen LogP contribution in [0.5, 0.6) is 5.75 Å². The molecule has 0 bridgehead atoms. The fourth-order valence-corrected chi connectivity index (χ4v) is 6.08. The summed E-state index contributed by atoms with van der Waals surface area (Å²) in [4.78, 5) is 29.2. The van der Waals surface area contributed by atoms with E-state index in [-0.39, 0.29) is 23.3 Å². The summed E-state index contributed by atoms with van der Waals surface area (Å²) in [5.41, 5.74) is 3.71. The van der Waals surface area contributed by atoms with Crippen LogP contribution in [0, 0.1) is 26.7 Å². The Morgan fingerprint density at radius 2 is 1.52 bits per heavy atom. The van der Waals surface area contributed by atoms with Crippen molar-refractivity contribution >= 4 is 27.5 Å². The zero-order valence-electron chi connectivity index (χ0n) is 25.7. The molecule has 9 heteroatoms. The molecule has 3 aromatic rings. The predicted octanol–water partition coefficient (Wildman–Crippen LogP) is 5.40. The normalized spacial score (nSPS) is 12.1. The number of carbonyl (C=O) groups excluding carboxylic acids is 2. The maximum Gasteiger partial charge on any atom is 0.264 e. The number of methoxy groups -OCH3 is 1. The Balaban J connectivity index is 2.08. The second-order valence-electron chi connectivity index (χ2n) is 11.0. The number of nitrogens with zero attached hydrogens (tertiary/aromatic N) is 2. The van der Waals surface area contributed by atoms with Crippen LogP contribution in [-0.4, -0.2) is 51.4 Å². The second kappa shape index (κ2) is 14.4. The zero-order valence-corrected chi connectivity index (χ0v) is 26.5. The fraction of sp³-hybridized carbons (Fsp3) is 0.394. The Labute approximate surface area is 250 Å². The van der Waals surface area contributed by atoms with Crippen LogP contribution in [0.2, 0.25) is 0 Å². The maximum atomic E-state index is 14.2. The van der Waals surface area contributed by atoms with Gasteiger partial charge in [-0.15, -0.1) is 0 Å². The molecule has 226 valence electrons. The average Bonchev–Trinajstić information content (AvgIpc) is 2.96. The van der Waals surface area contributed by atoms with Gasteiger partial charge in [-0.25, -0.2) is 8.42 Å². The first-order valence-electron chi connectivity index (χ1n) is 14.2. The van der Waals surface area contributed by atoms with Gasteiger partial charge in [0.15, 0.2) is 0 Å². The number of carbonyl (C=O) groups is 2. The van der Waals surface area contributed by atoms with Gasteiger partial charge in [0, 0.05) is 13.1 Å². The van der Waals surface area contributed by atoms with E-state index < -0.39 is 28.5 Å². The molecule has 0 fully saturated rings. The van der Waals surface area contributed by atoms with E-state index in [1.54, 1.807) is 49.6 Å². The van der Waals surface area contributed by atoms with Crippen molar-refractivity contribution in [1.29, 1.82) is 0 Å². The molecule has 0 aliphatic carbocycles. The summed E-state index contributed by atoms with van der Waals surface area (Å²) in [5, 5.41) is 2.95. The molecule has 0 spiro atoms. The highest BCUT2D eigenvalue weighted by Crippen LogP contribution is 2.29. The van der Waals surface area contributed by atoms with Crippen molar-refractivity contribution in [2.45, 2.75) is 65.4 Å². The topological polar surface area (TPSA) is 96.0 Å². The standard InChI is InChI=1S/C33H43N3O5S/c1-8-30(33(38)34-20-23(2)3)35(21-27-13-15-28(41-7)16-14-27)32(37)22-36(31-19-25(5)9-12-26(31)6)42(39,40)29-17-10-24(4)11-18-29/h9-19,23,30H,8,20-22H2,1-7H3,(H,34,38)/t30-/m0/s1. The van der Waals surface area contributed by atoms with Crippen molar-refractivity contribution < 1.29 is 22.7 Å². The summed E-state index contributed by atoms with van der Waals surface area (Å²) in [6.07, 6.45) is 0.361. The lowest BCUT2D eigenvalue weighted by molar-refractivity contribution is -0.140. The van der Waals surface area contributed by atoms with E-state index in [9.17, 15) is 18.0 Å². The number of aryl methyl sites for hydroxylation is 3. The second-order valence-corrected chi connectivity index (χ2v) is 12.9. The smallest absolute Gasteiger partial charge is 0.264 e. The van der Waals surface area contributed by atoms with Crippen LogP contribution in [-0.2, 0) is 26.2 Å². The summed E-state index contributed by atoms with van der Waals surface area (Å²) in [6.45, 7) is 11.6. The van der Waals surface area contributed by atoms with Gasteiger partial charge < -0.3 is 15.0 Å². The molecule has 0 saturated heterocycles. The number of sulfonamides is 1. The highest BCUT2D eigenvalue weighted by atomic mass is 32.2. The van der Waals surface area contributed by atoms with Crippen molar-refractivity contribution in [1.82, 2.24) is 10.2 Å². The van der Waals surface area contributed by atoms with Gasteiger partial charge in [-0.1, -0.05) is 62.7 Å². The van der Waals surface area contributed by atoms with Crippen LogP contribution in [0.25, 0.3) is 0 Å². The predicted molar refractivity (Wildman–Crippen MR) is 167 cm³/mol. The van der Waals surface area contributed by atoms with E-state index in [1.807, 2.05) is 65.8 Å². The lowest BCUT2D eigenvalue weighted by Gasteiger charge is -2.33. The molecule has 0 radical (unpaired) electrons. The summed E-state index contributed by atoms with van der Waals surface area (Å²) >= 11 is 0. The third-order valence-electron chi connectivity index (χ3n) is 7.10. The van der Waals surface area contributed by atoms with Gasteiger partial charge in [-0.2, -0.15) is 0 Å². The first-order valence-corrected chi connectivity index (χ1v) is 15.7. The third kappa shape index (κ3) is 8.12. The summed E-state index contributed by atoms with van der Waals surface area (Å²) < 4.78 is 34.7. The van der Waals surface area contributed by atoms with E-state index in [1.165, 1.54) is 9.21 Å². The number of benzene rings is 3. The van der Waals surface area contributed by atoms with E-state index in [0.29, 0.717) is 30.0 Å². The van der Waals surface area contributed by atoms with Gasteiger partial charge in [0.1, 0.15) is 18.3 Å². The first-order chi connectivity index (χ1) is 19.9. The lowest BCUT2D eigenvalue weighted by Crippen LogP contribution is -2.52. The number of rotatable bonds is 13. The van der Waals surface area contributed by atoms with Crippen LogP contribution in [0.4, 0.5) is 5.69 Å². The van der Waals surface area contributed by atoms with Crippen molar-refractivity contribution in [2.24, 2.45) is 5.92 Å². The molecule has 1 atom stereocenters. The minimum atomic E-state index is -4.13. The average molecular weight is 594 g/mol. The van der Waals surface area contributed by atoms with Crippen LogP contribution < -0.4 is 14.4 Å². The Kier molecular flexibility index (Phi) is 11.2. The largest absolute Gasteiger partial charge is 0.497 e. The third-order valence-corrected chi connectivity index (χ3v) is 8.88. The van der Waals surface area contributed by atoms with E-state index in [0.717, 1.165) is 16.7 Å². The Hall–Kier alpha value is -3.85. The molecule has 0 aromatic heterocycles. The van der Waals surface area contributed by atoms with Crippen LogP contribution >= 0.6 is 0 Å². The molecule has 0 heterocycles. The molecule has 0 unspecified atom stereocenters. The Morgan fingerprint density at radius 3 is 2.10 bits per heavy atom. The highest BCUT2D eigenvalue weighted by Gasteiger charge is 2.34. The molecule has 0 aliphatic heterocycles. The number of ether oxygens (including phenoxy) is 1. The van der Waals surface area contributed by atoms with Crippen LogP contribution in [0.1, 0.15) is 49.4 Å². The molecule has 1 N–H and O–H groups in total. The van der Waals surface area contributed by atoms with Gasteiger partial charge in [-0.3, -0.25) is 13.9 Å². The number of nitrogens with one attached hydrogen (secondary N) is 1. The van der Waals surface area contributed by atoms with Crippen molar-refractivity contribution in [3.63, 3.8) is 0 Å². The lowest BCUT2D eigenvalue weighted by atomic mass is 10.1. The summed E-state index contributed by atoms with van der Waals surface area (Å²) in [5.74, 6) is 0.155. The monoisotopic (exact) mass is 593 g/mol. The van der Waals surface area contributed by atoms with Gasteiger partial charge in [0.2, 0.25) is 11.8 Å². The van der Waals surface area contributed by atoms with Gasteiger partial charge in [-0.05, 0) is 80.1 Å². The molecule has 0 saturated carbocycles. The quantitative estimate of drug-likeness (QED) is 0.287. The first kappa shape index (κ1) is 32.7. The summed E-state index contributed by atoms with van der Waals surface area (Å²) in [6, 6.07) is 18.6. The maximum absolute atomic E-state index is 14.2. The molecular formula is C33H43N3O5S. The number of anilines is 1. The van der Waals surface area contributed by atoms with Crippen molar-refractivity contribution in [3.8, 4) is 5.75 Å². The fourth-order valence-electron chi connectivity index (χ4n) is 4.61. The van der Waals surface area contributed by atoms with Gasteiger partial charge in [0.05, 0.1) is 17.7 Å².